The predicted octanol–water partition coefficient (Wildman–Crippen LogP) is 3.27. The first-order chi connectivity index (χ1) is 13.0. The van der Waals surface area contributed by atoms with E-state index >= 15 is 0 Å². The Morgan fingerprint density at radius 3 is 2.59 bits per heavy atom. The van der Waals surface area contributed by atoms with E-state index in [1.165, 1.54) is 16.7 Å². The quantitative estimate of drug-likeness (QED) is 0.605. The van der Waals surface area contributed by atoms with Crippen LogP contribution in [-0.2, 0) is 11.3 Å². The van der Waals surface area contributed by atoms with Crippen molar-refractivity contribution in [1.29, 1.82) is 0 Å². The van der Waals surface area contributed by atoms with Crippen LogP contribution in [0.4, 0.5) is 4.39 Å². The molecule has 2 heterocycles. The number of nitrogens with zero attached hydrogens (tertiary/aromatic N) is 2. The summed E-state index contributed by atoms with van der Waals surface area (Å²) in [5, 5.41) is 2.89. The largest absolute Gasteiger partial charge is 0.348 e. The van der Waals surface area contributed by atoms with Gasteiger partial charge >= 0.3 is 0 Å². The number of carbonyl (C=O) groups is 1. The van der Waals surface area contributed by atoms with Crippen LogP contribution in [-0.4, -0.2) is 14.9 Å². The molecule has 0 radical (unpaired) electrons. The van der Waals surface area contributed by atoms with Crippen molar-refractivity contribution >= 4 is 22.5 Å². The molecule has 1 atom stereocenters. The van der Waals surface area contributed by atoms with Crippen molar-refractivity contribution in [2.45, 2.75) is 19.5 Å². The molecule has 6 heteroatoms. The molecule has 0 aliphatic rings. The number of fused-ring (bicyclic) bond motifs is 3. The third-order valence-electron chi connectivity index (χ3n) is 4.68. The highest BCUT2D eigenvalue weighted by atomic mass is 19.1. The van der Waals surface area contributed by atoms with E-state index in [9.17, 15) is 14.0 Å². The van der Waals surface area contributed by atoms with Crippen molar-refractivity contribution in [2.24, 2.45) is 0 Å². The fourth-order valence-electron chi connectivity index (χ4n) is 3.34. The second-order valence-corrected chi connectivity index (χ2v) is 6.49. The van der Waals surface area contributed by atoms with Gasteiger partial charge in [-0.05, 0) is 42.8 Å². The molecule has 0 aliphatic heterocycles. The molecule has 5 nitrogen and oxygen atoms in total. The second-order valence-electron chi connectivity index (χ2n) is 6.49. The molecule has 0 unspecified atom stereocenters. The Bertz CT molecular complexity index is 1190. The molecule has 0 saturated heterocycles. The molecule has 4 rings (SSSR count). The zero-order valence-electron chi connectivity index (χ0n) is 14.7. The lowest BCUT2D eigenvalue weighted by atomic mass is 10.1. The van der Waals surface area contributed by atoms with Crippen LogP contribution in [0.1, 0.15) is 18.5 Å². The van der Waals surface area contributed by atoms with Crippen LogP contribution in [0, 0.1) is 5.82 Å². The molecule has 2 aromatic heterocycles. The third-order valence-corrected chi connectivity index (χ3v) is 4.68. The van der Waals surface area contributed by atoms with Gasteiger partial charge in [0.05, 0.1) is 17.1 Å². The van der Waals surface area contributed by atoms with Crippen LogP contribution in [0.3, 0.4) is 0 Å². The van der Waals surface area contributed by atoms with E-state index in [0.717, 1.165) is 5.56 Å². The van der Waals surface area contributed by atoms with Crippen LogP contribution >= 0.6 is 0 Å². The minimum absolute atomic E-state index is 0.183. The van der Waals surface area contributed by atoms with Crippen molar-refractivity contribution in [3.63, 3.8) is 0 Å². The van der Waals surface area contributed by atoms with Crippen molar-refractivity contribution in [3.8, 4) is 0 Å². The average molecular weight is 363 g/mol. The van der Waals surface area contributed by atoms with Gasteiger partial charge in [-0.3, -0.25) is 14.2 Å². The van der Waals surface area contributed by atoms with Crippen molar-refractivity contribution < 1.29 is 9.18 Å². The number of hydrogen-bond donors (Lipinski definition) is 1. The molecule has 136 valence electrons. The molecule has 4 aromatic rings. The van der Waals surface area contributed by atoms with Crippen molar-refractivity contribution in [1.82, 2.24) is 14.3 Å². The fraction of sp³-hybridized carbons (Fsp3) is 0.143. The van der Waals surface area contributed by atoms with E-state index in [1.54, 1.807) is 28.8 Å². The SMILES string of the molecule is C[C@@H](NC(=O)Cn1c(=O)c2cccn2c2ccc(F)cc21)c1ccccc1. The Morgan fingerprint density at radius 1 is 1.04 bits per heavy atom. The minimum Gasteiger partial charge on any atom is -0.348 e. The van der Waals surface area contributed by atoms with E-state index in [1.807, 2.05) is 37.3 Å². The summed E-state index contributed by atoms with van der Waals surface area (Å²) < 4.78 is 16.8. The molecule has 1 N–H and O–H groups in total. The highest BCUT2D eigenvalue weighted by Crippen LogP contribution is 2.17. The van der Waals surface area contributed by atoms with Crippen LogP contribution in [0.25, 0.3) is 16.6 Å². The Hall–Kier alpha value is -3.41. The standard InChI is InChI=1S/C21H18FN3O2/c1-14(15-6-3-2-4-7-15)23-20(26)13-25-19-12-16(22)9-10-17(19)24-11-5-8-18(24)21(25)27/h2-12,14H,13H2,1H3,(H,23,26)/t14-/m1/s1. The number of nitrogens with one attached hydrogen (secondary N) is 1. The van der Waals surface area contributed by atoms with Gasteiger partial charge in [0.25, 0.3) is 5.56 Å². The molecular formula is C21H18FN3O2. The summed E-state index contributed by atoms with van der Waals surface area (Å²) in [6.45, 7) is 1.70. The number of aromatic nitrogens is 2. The second kappa shape index (κ2) is 6.72. The molecular weight excluding hydrogens is 345 g/mol. The maximum atomic E-state index is 13.8. The number of hydrogen-bond acceptors (Lipinski definition) is 2. The highest BCUT2D eigenvalue weighted by Gasteiger charge is 2.15. The highest BCUT2D eigenvalue weighted by molar-refractivity contribution is 5.82. The summed E-state index contributed by atoms with van der Waals surface area (Å²) in [6.07, 6.45) is 1.75. The summed E-state index contributed by atoms with van der Waals surface area (Å²) in [6, 6.07) is 17.0. The average Bonchev–Trinajstić information content (AvgIpc) is 3.16. The molecule has 0 aliphatic carbocycles. The van der Waals surface area contributed by atoms with Gasteiger partial charge in [0, 0.05) is 6.20 Å². The lowest BCUT2D eigenvalue weighted by Gasteiger charge is -2.16. The van der Waals surface area contributed by atoms with Crippen molar-refractivity contribution in [2.75, 3.05) is 0 Å². The van der Waals surface area contributed by atoms with E-state index in [0.29, 0.717) is 16.6 Å². The van der Waals surface area contributed by atoms with Gasteiger partial charge in [-0.1, -0.05) is 30.3 Å². The molecule has 0 bridgehead atoms. The predicted molar refractivity (Wildman–Crippen MR) is 102 cm³/mol. The Balaban J connectivity index is 1.72. The zero-order valence-corrected chi connectivity index (χ0v) is 14.7. The Morgan fingerprint density at radius 2 is 1.81 bits per heavy atom. The Kier molecular flexibility index (Phi) is 4.24. The summed E-state index contributed by atoms with van der Waals surface area (Å²) >= 11 is 0. The monoisotopic (exact) mass is 363 g/mol. The lowest BCUT2D eigenvalue weighted by molar-refractivity contribution is -0.122. The maximum absolute atomic E-state index is 13.8. The van der Waals surface area contributed by atoms with Crippen molar-refractivity contribution in [3.05, 3.63) is 88.6 Å². The first-order valence-electron chi connectivity index (χ1n) is 8.68. The number of carbonyl (C=O) groups excluding carboxylic acids is 1. The van der Waals surface area contributed by atoms with Gasteiger partial charge in [0.2, 0.25) is 5.91 Å². The third kappa shape index (κ3) is 3.10. The van der Waals surface area contributed by atoms with Crippen LogP contribution < -0.4 is 10.9 Å². The van der Waals surface area contributed by atoms with Crippen LogP contribution in [0.2, 0.25) is 0 Å². The molecule has 0 saturated carbocycles. The zero-order chi connectivity index (χ0) is 19.0. The van der Waals surface area contributed by atoms with Crippen LogP contribution in [0.15, 0.2) is 71.7 Å². The number of rotatable bonds is 4. The minimum atomic E-state index is -0.458. The molecule has 0 fully saturated rings. The van der Waals surface area contributed by atoms with Gasteiger partial charge in [-0.25, -0.2) is 4.39 Å². The number of amides is 1. The van der Waals surface area contributed by atoms with Gasteiger partial charge in [-0.2, -0.15) is 0 Å². The Labute approximate surface area is 154 Å². The van der Waals surface area contributed by atoms with E-state index in [4.69, 9.17) is 0 Å². The maximum Gasteiger partial charge on any atom is 0.275 e. The van der Waals surface area contributed by atoms with Gasteiger partial charge < -0.3 is 9.72 Å². The number of benzene rings is 2. The molecule has 0 spiro atoms. The topological polar surface area (TPSA) is 55.5 Å². The first-order valence-corrected chi connectivity index (χ1v) is 8.68. The summed E-state index contributed by atoms with van der Waals surface area (Å²) in [4.78, 5) is 25.4. The smallest absolute Gasteiger partial charge is 0.275 e. The van der Waals surface area contributed by atoms with E-state index in [-0.39, 0.29) is 24.1 Å². The van der Waals surface area contributed by atoms with Gasteiger partial charge in [-0.15, -0.1) is 0 Å². The molecule has 27 heavy (non-hydrogen) atoms. The van der Waals surface area contributed by atoms with E-state index < -0.39 is 5.82 Å². The summed E-state index contributed by atoms with van der Waals surface area (Å²) in [7, 11) is 0. The fourth-order valence-corrected chi connectivity index (χ4v) is 3.34. The van der Waals surface area contributed by atoms with Gasteiger partial charge in [0.1, 0.15) is 17.9 Å². The first kappa shape index (κ1) is 17.0. The van der Waals surface area contributed by atoms with E-state index in [2.05, 4.69) is 5.32 Å². The number of halogens is 1. The molecule has 1 amide bonds. The summed E-state index contributed by atoms with van der Waals surface area (Å²) in [5.74, 6) is -0.768. The lowest BCUT2D eigenvalue weighted by Crippen LogP contribution is -2.34. The normalized spacial score (nSPS) is 12.4. The summed E-state index contributed by atoms with van der Waals surface area (Å²) in [5.41, 5.74) is 2.13. The molecule has 2 aromatic carbocycles. The van der Waals surface area contributed by atoms with Gasteiger partial charge in [0.15, 0.2) is 0 Å². The van der Waals surface area contributed by atoms with Crippen LogP contribution in [0.5, 0.6) is 0 Å².